The van der Waals surface area contributed by atoms with Gasteiger partial charge in [0.2, 0.25) is 0 Å². The van der Waals surface area contributed by atoms with Gasteiger partial charge in [0.25, 0.3) is 5.69 Å². The summed E-state index contributed by atoms with van der Waals surface area (Å²) in [5.41, 5.74) is -0.120. The van der Waals surface area contributed by atoms with Crippen LogP contribution in [0.4, 0.5) is 5.69 Å². The average molecular weight is 373 g/mol. The molecule has 0 aromatic heterocycles. The summed E-state index contributed by atoms with van der Waals surface area (Å²) < 4.78 is 5.99. The minimum Gasteiger partial charge on any atom is -0.478 e. The predicted octanol–water partition coefficient (Wildman–Crippen LogP) is 4.50. The minimum atomic E-state index is -1.10. The maximum Gasteiger partial charge on any atom is 0.335 e. The molecule has 0 aliphatic carbocycles. The molecule has 0 saturated carbocycles. The number of aromatic carboxylic acids is 1. The molecule has 2 aromatic carbocycles. The largest absolute Gasteiger partial charge is 0.478 e. The van der Waals surface area contributed by atoms with Gasteiger partial charge in [0.1, 0.15) is 11.5 Å². The fourth-order valence-corrected chi connectivity index (χ4v) is 2.24. The molecule has 0 atom stereocenters. The van der Waals surface area contributed by atoms with E-state index in [0.717, 1.165) is 6.07 Å². The summed E-state index contributed by atoms with van der Waals surface area (Å²) in [7, 11) is 0. The summed E-state index contributed by atoms with van der Waals surface area (Å²) in [6.07, 6.45) is 0. The number of halogens is 2. The first kappa shape index (κ1) is 15.3. The normalized spacial score (nSPS) is 10.2. The van der Waals surface area contributed by atoms with Crippen LogP contribution in [0.15, 0.2) is 40.9 Å². The molecule has 0 aliphatic rings. The highest BCUT2D eigenvalue weighted by Crippen LogP contribution is 2.33. The summed E-state index contributed by atoms with van der Waals surface area (Å²) in [5.74, 6) is -0.662. The van der Waals surface area contributed by atoms with Crippen LogP contribution in [0.25, 0.3) is 0 Å². The van der Waals surface area contributed by atoms with Gasteiger partial charge in [-0.1, -0.05) is 27.5 Å². The Labute approximate surface area is 132 Å². The first-order chi connectivity index (χ1) is 9.86. The number of rotatable bonds is 4. The molecule has 0 bridgehead atoms. The predicted molar refractivity (Wildman–Crippen MR) is 79.3 cm³/mol. The molecule has 0 saturated heterocycles. The average Bonchev–Trinajstić information content (AvgIpc) is 2.40. The number of carboxylic acids is 1. The van der Waals surface area contributed by atoms with Gasteiger partial charge in [0.05, 0.1) is 15.5 Å². The van der Waals surface area contributed by atoms with Gasteiger partial charge in [-0.2, -0.15) is 0 Å². The molecule has 0 heterocycles. The van der Waals surface area contributed by atoms with Gasteiger partial charge in [0.15, 0.2) is 0 Å². The monoisotopic (exact) mass is 371 g/mol. The fraction of sp³-hybridized carbons (Fsp3) is 0. The molecule has 0 spiro atoms. The first-order valence-electron chi connectivity index (χ1n) is 5.52. The van der Waals surface area contributed by atoms with Gasteiger partial charge < -0.3 is 9.84 Å². The molecular weight excluding hydrogens is 366 g/mol. The van der Waals surface area contributed by atoms with Crippen LogP contribution in [0.3, 0.4) is 0 Å². The highest BCUT2D eigenvalue weighted by atomic mass is 79.9. The molecule has 8 heteroatoms. The summed E-state index contributed by atoms with van der Waals surface area (Å²) >= 11 is 9.09. The summed E-state index contributed by atoms with van der Waals surface area (Å²) in [6.45, 7) is 0. The van der Waals surface area contributed by atoms with Crippen LogP contribution in [-0.2, 0) is 0 Å². The Morgan fingerprint density at radius 3 is 2.57 bits per heavy atom. The Bertz CT molecular complexity index is 734. The third-order valence-corrected chi connectivity index (χ3v) is 3.23. The third-order valence-electron chi connectivity index (χ3n) is 2.47. The van der Waals surface area contributed by atoms with E-state index < -0.39 is 10.9 Å². The van der Waals surface area contributed by atoms with Crippen molar-refractivity contribution in [3.8, 4) is 11.5 Å². The number of benzene rings is 2. The zero-order chi connectivity index (χ0) is 15.6. The SMILES string of the molecule is O=C(O)c1cc(Br)cc(Oc2ccc([N+](=O)[O-])cc2Cl)c1. The van der Waals surface area contributed by atoms with Crippen LogP contribution >= 0.6 is 27.5 Å². The zero-order valence-corrected chi connectivity index (χ0v) is 12.6. The van der Waals surface area contributed by atoms with E-state index in [-0.39, 0.29) is 27.8 Å². The van der Waals surface area contributed by atoms with E-state index in [1.807, 2.05) is 0 Å². The van der Waals surface area contributed by atoms with Gasteiger partial charge in [-0.25, -0.2) is 4.79 Å². The van der Waals surface area contributed by atoms with Crippen molar-refractivity contribution in [1.82, 2.24) is 0 Å². The number of nitro benzene ring substituents is 1. The maximum absolute atomic E-state index is 11.0. The highest BCUT2D eigenvalue weighted by molar-refractivity contribution is 9.10. The second kappa shape index (κ2) is 6.11. The number of hydrogen-bond acceptors (Lipinski definition) is 4. The fourth-order valence-electron chi connectivity index (χ4n) is 1.56. The molecule has 1 N–H and O–H groups in total. The van der Waals surface area contributed by atoms with E-state index in [1.165, 1.54) is 24.3 Å². The second-order valence-corrected chi connectivity index (χ2v) is 5.28. The van der Waals surface area contributed by atoms with Crippen LogP contribution in [0.1, 0.15) is 10.4 Å². The lowest BCUT2D eigenvalue weighted by Gasteiger charge is -2.08. The van der Waals surface area contributed by atoms with E-state index in [2.05, 4.69) is 15.9 Å². The Morgan fingerprint density at radius 1 is 1.29 bits per heavy atom. The lowest BCUT2D eigenvalue weighted by Crippen LogP contribution is -1.97. The molecule has 21 heavy (non-hydrogen) atoms. The topological polar surface area (TPSA) is 89.7 Å². The number of nitrogens with zero attached hydrogens (tertiary/aromatic N) is 1. The second-order valence-electron chi connectivity index (χ2n) is 3.95. The Kier molecular flexibility index (Phi) is 4.44. The standard InChI is InChI=1S/C13H7BrClNO5/c14-8-3-7(13(17)18)4-10(5-8)21-12-2-1-9(16(19)20)6-11(12)15/h1-6H,(H,17,18). The molecule has 108 valence electrons. The Morgan fingerprint density at radius 2 is 2.00 bits per heavy atom. The third kappa shape index (κ3) is 3.71. The molecule has 0 radical (unpaired) electrons. The van der Waals surface area contributed by atoms with Crippen LogP contribution in [0.5, 0.6) is 11.5 Å². The van der Waals surface area contributed by atoms with Crippen molar-refractivity contribution in [3.63, 3.8) is 0 Å². The van der Waals surface area contributed by atoms with E-state index in [0.29, 0.717) is 4.47 Å². The van der Waals surface area contributed by atoms with Gasteiger partial charge in [-0.15, -0.1) is 0 Å². The van der Waals surface area contributed by atoms with Crippen molar-refractivity contribution in [3.05, 3.63) is 61.6 Å². The van der Waals surface area contributed by atoms with Crippen molar-refractivity contribution in [2.45, 2.75) is 0 Å². The van der Waals surface area contributed by atoms with Crippen LogP contribution in [-0.4, -0.2) is 16.0 Å². The summed E-state index contributed by atoms with van der Waals surface area (Å²) in [6, 6.07) is 8.06. The molecule has 0 fully saturated rings. The van der Waals surface area contributed by atoms with Crippen molar-refractivity contribution in [2.75, 3.05) is 0 Å². The number of non-ortho nitro benzene ring substituents is 1. The maximum atomic E-state index is 11.0. The number of carboxylic acid groups (broad SMARTS) is 1. The van der Waals surface area contributed by atoms with Crippen LogP contribution in [0.2, 0.25) is 5.02 Å². The molecule has 2 rings (SSSR count). The van der Waals surface area contributed by atoms with Crippen molar-refractivity contribution in [1.29, 1.82) is 0 Å². The molecule has 2 aromatic rings. The molecule has 0 unspecified atom stereocenters. The van der Waals surface area contributed by atoms with Gasteiger partial charge >= 0.3 is 5.97 Å². The van der Waals surface area contributed by atoms with E-state index in [9.17, 15) is 14.9 Å². The summed E-state index contributed by atoms with van der Waals surface area (Å²) in [5, 5.41) is 19.7. The first-order valence-corrected chi connectivity index (χ1v) is 6.69. The van der Waals surface area contributed by atoms with Gasteiger partial charge in [-0.05, 0) is 24.3 Å². The molecule has 0 amide bonds. The number of hydrogen-bond donors (Lipinski definition) is 1. The minimum absolute atomic E-state index is 0.0393. The highest BCUT2D eigenvalue weighted by Gasteiger charge is 2.12. The van der Waals surface area contributed by atoms with Crippen LogP contribution in [0, 0.1) is 10.1 Å². The zero-order valence-electron chi connectivity index (χ0n) is 10.2. The summed E-state index contributed by atoms with van der Waals surface area (Å²) in [4.78, 5) is 21.0. The molecule has 6 nitrogen and oxygen atoms in total. The lowest BCUT2D eigenvalue weighted by atomic mass is 10.2. The smallest absolute Gasteiger partial charge is 0.335 e. The lowest BCUT2D eigenvalue weighted by molar-refractivity contribution is -0.384. The van der Waals surface area contributed by atoms with E-state index >= 15 is 0 Å². The number of carbonyl (C=O) groups is 1. The van der Waals surface area contributed by atoms with E-state index in [1.54, 1.807) is 6.07 Å². The van der Waals surface area contributed by atoms with Crippen molar-refractivity contribution >= 4 is 39.2 Å². The van der Waals surface area contributed by atoms with Gasteiger partial charge in [-0.3, -0.25) is 10.1 Å². The quantitative estimate of drug-likeness (QED) is 0.630. The van der Waals surface area contributed by atoms with Gasteiger partial charge in [0, 0.05) is 16.6 Å². The number of nitro groups is 1. The van der Waals surface area contributed by atoms with Crippen LogP contribution < -0.4 is 4.74 Å². The number of ether oxygens (including phenoxy) is 1. The Hall–Kier alpha value is -2.12. The molecular formula is C13H7BrClNO5. The van der Waals surface area contributed by atoms with Crippen molar-refractivity contribution < 1.29 is 19.6 Å². The van der Waals surface area contributed by atoms with Crippen molar-refractivity contribution in [2.24, 2.45) is 0 Å². The van der Waals surface area contributed by atoms with E-state index in [4.69, 9.17) is 21.4 Å². The molecule has 0 aliphatic heterocycles. The Balaban J connectivity index is 2.34.